The quantitative estimate of drug-likeness (QED) is 0.0788. The Labute approximate surface area is 245 Å². The number of carboxylic acid groups (broad SMARTS) is 1. The van der Waals surface area contributed by atoms with Gasteiger partial charge < -0.3 is 55.3 Å². The number of rotatable bonds is 13. The van der Waals surface area contributed by atoms with Gasteiger partial charge >= 0.3 is 27.6 Å². The van der Waals surface area contributed by atoms with E-state index in [-0.39, 0.29) is 17.0 Å². The highest BCUT2D eigenvalue weighted by atomic mass is 31.3. The highest BCUT2D eigenvalue weighted by Crippen LogP contribution is 2.60. The van der Waals surface area contributed by atoms with Crippen LogP contribution >= 0.6 is 15.6 Å². The number of esters is 1. The van der Waals surface area contributed by atoms with Gasteiger partial charge in [0.25, 0.3) is 0 Å². The number of aliphatic carboxylic acids is 1. The molecule has 2 aromatic rings. The molecule has 240 valence electrons. The average molecular weight is 663 g/mol. The number of phosphoric acid groups is 2. The maximum absolute atomic E-state index is 12.4. The number of nitrogens with zero attached hydrogens (tertiary/aromatic N) is 4. The molecule has 43 heavy (non-hydrogen) atoms. The maximum atomic E-state index is 12.4. The molecule has 3 unspecified atom stereocenters. The number of hydrogen-bond acceptors (Lipinski definition) is 18. The monoisotopic (exact) mass is 663 g/mol. The fourth-order valence-corrected chi connectivity index (χ4v) is 6.01. The Morgan fingerprint density at radius 1 is 0.977 bits per heavy atom. The van der Waals surface area contributed by atoms with Crippen LogP contribution < -0.4 is 5.73 Å². The molecule has 22 nitrogen and oxygen atoms in total. The standard InChI is InChI=1S/C19H27N5O17P2/c20-16-11-17(22-5-21-16)24(6-23-11)18-13(29)12(28)7(38-18)3-36-42(32,33)41-43(34,35)37-4-8-15(14(30)19(31)39-8)40-10(27)2-1-9(25)26/h5-8,12-15,18-19,28-31H,1-4H2,(H,25,26)(H,32,33)(H,34,35)(H2,20,21,22)/t7-,8-,12-,13-,14-,15-,18-,19?/m1/s1/i1D2,2D2. The zero-order chi connectivity index (χ0) is 35.3. The highest BCUT2D eigenvalue weighted by molar-refractivity contribution is 7.61. The number of aromatic nitrogens is 4. The number of imidazole rings is 1. The summed E-state index contributed by atoms with van der Waals surface area (Å²) >= 11 is 0. The van der Waals surface area contributed by atoms with Crippen LogP contribution in [0.3, 0.4) is 0 Å². The molecule has 2 fully saturated rings. The summed E-state index contributed by atoms with van der Waals surface area (Å²) in [5.74, 6) is -4.55. The summed E-state index contributed by atoms with van der Waals surface area (Å²) in [6.45, 7) is -2.29. The summed E-state index contributed by atoms with van der Waals surface area (Å²) < 4.78 is 83.8. The second-order valence-electron chi connectivity index (χ2n) is 8.72. The topological polar surface area (TPSA) is 335 Å². The van der Waals surface area contributed by atoms with E-state index in [9.17, 15) is 48.9 Å². The Hall–Kier alpha value is -2.69. The van der Waals surface area contributed by atoms with Crippen LogP contribution in [-0.2, 0) is 46.3 Å². The molecule has 0 saturated carbocycles. The zero-order valence-electron chi connectivity index (χ0n) is 25.2. The van der Waals surface area contributed by atoms with E-state index in [1.807, 2.05) is 0 Å². The van der Waals surface area contributed by atoms with Crippen molar-refractivity contribution in [3.63, 3.8) is 0 Å². The van der Waals surface area contributed by atoms with Crippen LogP contribution in [0.25, 0.3) is 11.2 Å². The van der Waals surface area contributed by atoms with Gasteiger partial charge in [0.15, 0.2) is 30.1 Å². The van der Waals surface area contributed by atoms with Crippen molar-refractivity contribution in [2.45, 2.75) is 61.9 Å². The third-order valence-electron chi connectivity index (χ3n) is 5.83. The van der Waals surface area contributed by atoms with Crippen molar-refractivity contribution in [2.75, 3.05) is 18.9 Å². The fraction of sp³-hybridized carbons (Fsp3) is 0.632. The Bertz CT molecular complexity index is 1600. The lowest BCUT2D eigenvalue weighted by Crippen LogP contribution is -2.38. The van der Waals surface area contributed by atoms with Crippen LogP contribution in [0.4, 0.5) is 5.82 Å². The number of fused-ring (bicyclic) bond motifs is 1. The molecule has 10 atom stereocenters. The minimum Gasteiger partial charge on any atom is -0.481 e. The van der Waals surface area contributed by atoms with Crippen molar-refractivity contribution >= 4 is 44.6 Å². The van der Waals surface area contributed by atoms with Crippen molar-refractivity contribution in [1.29, 1.82) is 0 Å². The largest absolute Gasteiger partial charge is 0.481 e. The molecule has 4 rings (SSSR count). The van der Waals surface area contributed by atoms with Crippen LogP contribution in [0.15, 0.2) is 12.7 Å². The molecular formula is C19H27N5O17P2. The number of hydrogen-bond donors (Lipinski definition) is 8. The Morgan fingerprint density at radius 3 is 2.28 bits per heavy atom. The third kappa shape index (κ3) is 7.88. The van der Waals surface area contributed by atoms with Crippen LogP contribution in [0.5, 0.6) is 0 Å². The second kappa shape index (κ2) is 13.1. The van der Waals surface area contributed by atoms with Crippen molar-refractivity contribution in [2.24, 2.45) is 0 Å². The Morgan fingerprint density at radius 2 is 1.63 bits per heavy atom. The maximum Gasteiger partial charge on any atom is 0.481 e. The number of carbonyl (C=O) groups excluding carboxylic acids is 1. The van der Waals surface area contributed by atoms with E-state index >= 15 is 0 Å². The van der Waals surface area contributed by atoms with Crippen molar-refractivity contribution in [1.82, 2.24) is 19.5 Å². The van der Waals surface area contributed by atoms with Gasteiger partial charge in [-0.25, -0.2) is 24.1 Å². The molecule has 24 heteroatoms. The van der Waals surface area contributed by atoms with Gasteiger partial charge in [-0.15, -0.1) is 0 Å². The number of carboxylic acids is 1. The summed E-state index contributed by atoms with van der Waals surface area (Å²) in [5, 5.41) is 49.6. The van der Waals surface area contributed by atoms with E-state index in [2.05, 4.69) is 33.0 Å². The SMILES string of the molecule is [2H]C([2H])(C(=O)O)C([2H])([2H])C(=O)O[C@@H]1[C@@H](COP(=O)(O)OP(=O)(O)OC[C@H]2O[C@@H](n3cnc4c(N)ncnc43)[C@H](O)[C@@H]2O)OC(O)[C@@H]1O. The van der Waals surface area contributed by atoms with Crippen molar-refractivity contribution in [3.05, 3.63) is 12.7 Å². The van der Waals surface area contributed by atoms with Gasteiger partial charge in [0.1, 0.15) is 42.4 Å². The normalized spacial score (nSPS) is 34.0. The first-order valence-corrected chi connectivity index (χ1v) is 14.7. The molecule has 2 aliphatic heterocycles. The van der Waals surface area contributed by atoms with E-state index < -0.39 is 103 Å². The third-order valence-corrected chi connectivity index (χ3v) is 8.43. The number of carbonyl (C=O) groups is 2. The summed E-state index contributed by atoms with van der Waals surface area (Å²) in [6, 6.07) is 0. The molecule has 2 saturated heterocycles. The van der Waals surface area contributed by atoms with E-state index in [1.165, 1.54) is 10.9 Å². The fourth-order valence-electron chi connectivity index (χ4n) is 3.92. The summed E-state index contributed by atoms with van der Waals surface area (Å²) in [5.41, 5.74) is 5.96. The van der Waals surface area contributed by atoms with Gasteiger partial charge in [-0.3, -0.25) is 23.2 Å². The lowest BCUT2D eigenvalue weighted by atomic mass is 10.1. The van der Waals surface area contributed by atoms with Gasteiger partial charge in [-0.2, -0.15) is 4.31 Å². The molecule has 2 aromatic heterocycles. The van der Waals surface area contributed by atoms with Gasteiger partial charge in [0.05, 0.1) is 32.3 Å². The van der Waals surface area contributed by atoms with E-state index in [4.69, 9.17) is 25.8 Å². The number of ether oxygens (including phenoxy) is 3. The van der Waals surface area contributed by atoms with Crippen LogP contribution in [0.1, 0.15) is 24.5 Å². The number of phosphoric ester groups is 2. The Kier molecular flexibility index (Phi) is 8.49. The molecule has 0 aliphatic carbocycles. The molecule has 0 bridgehead atoms. The predicted molar refractivity (Wildman–Crippen MR) is 132 cm³/mol. The molecule has 0 radical (unpaired) electrons. The van der Waals surface area contributed by atoms with Crippen LogP contribution in [-0.4, -0.2) is 123 Å². The minimum absolute atomic E-state index is 0.00177. The first-order chi connectivity index (χ1) is 21.6. The second-order valence-corrected chi connectivity index (χ2v) is 11.8. The lowest BCUT2D eigenvalue weighted by Gasteiger charge is -2.22. The number of nitrogens with two attached hydrogens (primary N) is 1. The molecular weight excluding hydrogens is 632 g/mol. The van der Waals surface area contributed by atoms with E-state index in [0.717, 1.165) is 6.33 Å². The lowest BCUT2D eigenvalue weighted by molar-refractivity contribution is -0.158. The highest BCUT2D eigenvalue weighted by Gasteiger charge is 2.48. The molecule has 0 aromatic carbocycles. The smallest absolute Gasteiger partial charge is 0.481 e. The van der Waals surface area contributed by atoms with Crippen LogP contribution in [0, 0.1) is 0 Å². The molecule has 2 aliphatic rings. The molecule has 4 heterocycles. The average Bonchev–Trinajstić information content (AvgIpc) is 3.60. The van der Waals surface area contributed by atoms with Crippen molar-refractivity contribution in [3.8, 4) is 0 Å². The number of nitrogen functional groups attached to an aromatic ring is 1. The number of anilines is 1. The van der Waals surface area contributed by atoms with Gasteiger partial charge in [-0.1, -0.05) is 0 Å². The predicted octanol–water partition coefficient (Wildman–Crippen LogP) is -2.87. The van der Waals surface area contributed by atoms with Gasteiger partial charge in [-0.05, 0) is 0 Å². The zero-order valence-corrected chi connectivity index (χ0v) is 23.0. The van der Waals surface area contributed by atoms with Gasteiger partial charge in [0.2, 0.25) is 0 Å². The molecule has 9 N–H and O–H groups in total. The molecule has 0 spiro atoms. The minimum atomic E-state index is -5.64. The van der Waals surface area contributed by atoms with E-state index in [0.29, 0.717) is 0 Å². The first kappa shape index (κ1) is 27.8. The van der Waals surface area contributed by atoms with Crippen LogP contribution in [0.2, 0.25) is 0 Å². The van der Waals surface area contributed by atoms with E-state index in [1.54, 1.807) is 0 Å². The van der Waals surface area contributed by atoms with Gasteiger partial charge in [0, 0.05) is 5.48 Å². The summed E-state index contributed by atoms with van der Waals surface area (Å²) in [4.78, 5) is 55.0. The summed E-state index contributed by atoms with van der Waals surface area (Å²) in [7, 11) is -11.2. The summed E-state index contributed by atoms with van der Waals surface area (Å²) in [6.07, 6.45) is -20.2. The number of aliphatic hydroxyl groups is 4. The van der Waals surface area contributed by atoms with Crippen molar-refractivity contribution < 1.29 is 87.1 Å². The first-order valence-electron chi connectivity index (χ1n) is 13.7. The molecule has 0 amide bonds. The number of aliphatic hydroxyl groups excluding tert-OH is 4. The Balaban J connectivity index is 1.35.